The fraction of sp³-hybridized carbons (Fsp3) is 0.0714. The third-order valence-electron chi connectivity index (χ3n) is 2.24. The molecule has 0 aliphatic heterocycles. The molecular formula is C14H13ClN2S. The molecule has 1 N–H and O–H groups in total. The van der Waals surface area contributed by atoms with E-state index in [1.165, 1.54) is 4.70 Å². The van der Waals surface area contributed by atoms with Crippen molar-refractivity contribution in [3.63, 3.8) is 0 Å². The second-order valence-electron chi connectivity index (χ2n) is 3.53. The van der Waals surface area contributed by atoms with Crippen LogP contribution in [0.1, 0.15) is 0 Å². The van der Waals surface area contributed by atoms with Crippen LogP contribution in [0.15, 0.2) is 54.6 Å². The van der Waals surface area contributed by atoms with Gasteiger partial charge in [-0.1, -0.05) is 53.3 Å². The summed E-state index contributed by atoms with van der Waals surface area (Å²) in [6, 6.07) is 17.6. The fourth-order valence-corrected chi connectivity index (χ4v) is 2.36. The van der Waals surface area contributed by atoms with Crippen LogP contribution in [0, 0.1) is 0 Å². The van der Waals surface area contributed by atoms with Crippen molar-refractivity contribution in [1.29, 1.82) is 0 Å². The molecule has 2 aromatic carbocycles. The number of para-hydroxylation sites is 1. The summed E-state index contributed by atoms with van der Waals surface area (Å²) in [6.45, 7) is 0. The number of halogens is 1. The smallest absolute Gasteiger partial charge is 0.183 e. The number of thiazole rings is 1. The van der Waals surface area contributed by atoms with E-state index in [2.05, 4.69) is 16.4 Å². The number of fused-ring (bicyclic) bond motifs is 1. The number of hydrogen-bond acceptors (Lipinski definition) is 3. The Morgan fingerprint density at radius 3 is 2.22 bits per heavy atom. The maximum Gasteiger partial charge on any atom is 0.183 e. The van der Waals surface area contributed by atoms with Gasteiger partial charge in [0.2, 0.25) is 0 Å². The van der Waals surface area contributed by atoms with E-state index in [1.807, 2.05) is 55.6 Å². The summed E-state index contributed by atoms with van der Waals surface area (Å²) in [7, 11) is 1.89. The predicted molar refractivity (Wildman–Crippen MR) is 80.6 cm³/mol. The number of hydrogen-bond donors (Lipinski definition) is 1. The topological polar surface area (TPSA) is 24.9 Å². The summed E-state index contributed by atoms with van der Waals surface area (Å²) in [4.78, 5) is 4.34. The second-order valence-corrected chi connectivity index (χ2v) is 5.00. The maximum absolute atomic E-state index is 5.54. The van der Waals surface area contributed by atoms with Crippen LogP contribution in [0.5, 0.6) is 0 Å². The number of anilines is 1. The van der Waals surface area contributed by atoms with Gasteiger partial charge in [-0.05, 0) is 24.3 Å². The van der Waals surface area contributed by atoms with E-state index in [1.54, 1.807) is 11.3 Å². The molecule has 0 bridgehead atoms. The van der Waals surface area contributed by atoms with E-state index in [0.29, 0.717) is 0 Å². The minimum absolute atomic E-state index is 0.794. The van der Waals surface area contributed by atoms with Crippen molar-refractivity contribution < 1.29 is 0 Å². The molecule has 18 heavy (non-hydrogen) atoms. The highest BCUT2D eigenvalue weighted by Gasteiger charge is 1.98. The van der Waals surface area contributed by atoms with Gasteiger partial charge in [0.1, 0.15) is 0 Å². The molecule has 2 nitrogen and oxygen atoms in total. The highest BCUT2D eigenvalue weighted by Crippen LogP contribution is 2.24. The molecule has 0 radical (unpaired) electrons. The quantitative estimate of drug-likeness (QED) is 0.698. The van der Waals surface area contributed by atoms with Gasteiger partial charge in [-0.2, -0.15) is 0 Å². The second kappa shape index (κ2) is 6.38. The number of rotatable bonds is 1. The number of benzene rings is 2. The van der Waals surface area contributed by atoms with Gasteiger partial charge in [0.05, 0.1) is 10.2 Å². The van der Waals surface area contributed by atoms with Gasteiger partial charge in [0.15, 0.2) is 5.13 Å². The van der Waals surface area contributed by atoms with E-state index in [4.69, 9.17) is 11.6 Å². The minimum Gasteiger partial charge on any atom is -0.365 e. The molecule has 4 heteroatoms. The van der Waals surface area contributed by atoms with Gasteiger partial charge in [-0.15, -0.1) is 0 Å². The molecule has 0 saturated carbocycles. The predicted octanol–water partition coefficient (Wildman–Crippen LogP) is 4.68. The Hall–Kier alpha value is -1.58. The Kier molecular flexibility index (Phi) is 4.56. The Morgan fingerprint density at radius 2 is 1.67 bits per heavy atom. The number of aromatic nitrogens is 1. The van der Waals surface area contributed by atoms with Gasteiger partial charge in [-0.3, -0.25) is 0 Å². The van der Waals surface area contributed by atoms with E-state index >= 15 is 0 Å². The van der Waals surface area contributed by atoms with E-state index in [-0.39, 0.29) is 0 Å². The summed E-state index contributed by atoms with van der Waals surface area (Å²) >= 11 is 7.21. The molecule has 0 spiro atoms. The highest BCUT2D eigenvalue weighted by molar-refractivity contribution is 7.22. The lowest BCUT2D eigenvalue weighted by atomic mass is 10.3. The normalized spacial score (nSPS) is 9.67. The SMILES string of the molecule is CNc1nc2ccccc2s1.Clc1ccccc1. The van der Waals surface area contributed by atoms with Crippen molar-refractivity contribution >= 4 is 38.3 Å². The molecule has 1 heterocycles. The van der Waals surface area contributed by atoms with Crippen LogP contribution in [0.3, 0.4) is 0 Å². The van der Waals surface area contributed by atoms with Crippen LogP contribution < -0.4 is 5.32 Å². The summed E-state index contributed by atoms with van der Waals surface area (Å²) in [6.07, 6.45) is 0. The molecule has 3 rings (SSSR count). The van der Waals surface area contributed by atoms with Crippen LogP contribution in [-0.4, -0.2) is 12.0 Å². The van der Waals surface area contributed by atoms with Crippen molar-refractivity contribution in [2.75, 3.05) is 12.4 Å². The standard InChI is InChI=1S/C8H8N2S.C6H5Cl/c1-9-8-10-6-4-2-3-5-7(6)11-8;7-6-4-2-1-3-5-6/h2-5H,1H3,(H,9,10);1-5H. The largest absolute Gasteiger partial charge is 0.365 e. The summed E-state index contributed by atoms with van der Waals surface area (Å²) in [5, 5.41) is 4.80. The van der Waals surface area contributed by atoms with Crippen molar-refractivity contribution in [3.05, 3.63) is 59.6 Å². The molecule has 0 atom stereocenters. The molecule has 3 aromatic rings. The van der Waals surface area contributed by atoms with Crippen molar-refractivity contribution in [2.24, 2.45) is 0 Å². The summed E-state index contributed by atoms with van der Waals surface area (Å²) < 4.78 is 1.23. The highest BCUT2D eigenvalue weighted by atomic mass is 35.5. The third kappa shape index (κ3) is 3.45. The first-order valence-corrected chi connectivity index (χ1v) is 6.73. The van der Waals surface area contributed by atoms with E-state index in [0.717, 1.165) is 15.7 Å². The Labute approximate surface area is 115 Å². The lowest BCUT2D eigenvalue weighted by Gasteiger charge is -1.84. The lowest BCUT2D eigenvalue weighted by Crippen LogP contribution is -1.83. The van der Waals surface area contributed by atoms with Gasteiger partial charge >= 0.3 is 0 Å². The molecule has 0 amide bonds. The first-order chi connectivity index (χ1) is 8.79. The monoisotopic (exact) mass is 276 g/mol. The first-order valence-electron chi connectivity index (χ1n) is 5.53. The zero-order chi connectivity index (χ0) is 12.8. The number of nitrogens with one attached hydrogen (secondary N) is 1. The average molecular weight is 277 g/mol. The third-order valence-corrected chi connectivity index (χ3v) is 3.55. The van der Waals surface area contributed by atoms with Gasteiger partial charge in [-0.25, -0.2) is 4.98 Å². The molecule has 0 unspecified atom stereocenters. The van der Waals surface area contributed by atoms with Gasteiger partial charge < -0.3 is 5.32 Å². The minimum atomic E-state index is 0.794. The van der Waals surface area contributed by atoms with Crippen molar-refractivity contribution in [3.8, 4) is 0 Å². The zero-order valence-corrected chi connectivity index (χ0v) is 11.5. The van der Waals surface area contributed by atoms with E-state index in [9.17, 15) is 0 Å². The van der Waals surface area contributed by atoms with Crippen LogP contribution >= 0.6 is 22.9 Å². The molecule has 0 saturated heterocycles. The Morgan fingerprint density at radius 1 is 1.00 bits per heavy atom. The first kappa shape index (κ1) is 12.9. The van der Waals surface area contributed by atoms with Gasteiger partial charge in [0, 0.05) is 12.1 Å². The molecule has 0 fully saturated rings. The van der Waals surface area contributed by atoms with E-state index < -0.39 is 0 Å². The fourth-order valence-electron chi connectivity index (χ4n) is 1.39. The average Bonchev–Trinajstić information content (AvgIpc) is 2.83. The molecule has 0 aliphatic rings. The zero-order valence-electron chi connectivity index (χ0n) is 9.93. The van der Waals surface area contributed by atoms with Crippen molar-refractivity contribution in [1.82, 2.24) is 4.98 Å². The summed E-state index contributed by atoms with van der Waals surface area (Å²) in [5.41, 5.74) is 1.07. The molecule has 0 aliphatic carbocycles. The van der Waals surface area contributed by atoms with Crippen LogP contribution in [0.25, 0.3) is 10.2 Å². The Balaban J connectivity index is 0.000000149. The summed E-state index contributed by atoms with van der Waals surface area (Å²) in [5.74, 6) is 0. The van der Waals surface area contributed by atoms with Crippen LogP contribution in [0.2, 0.25) is 5.02 Å². The molecule has 1 aromatic heterocycles. The van der Waals surface area contributed by atoms with Gasteiger partial charge in [0.25, 0.3) is 0 Å². The molecular weight excluding hydrogens is 264 g/mol. The maximum atomic E-state index is 5.54. The Bertz CT molecular complexity index is 574. The number of nitrogens with zero attached hydrogens (tertiary/aromatic N) is 1. The lowest BCUT2D eigenvalue weighted by molar-refractivity contribution is 1.41. The van der Waals surface area contributed by atoms with Crippen molar-refractivity contribution in [2.45, 2.75) is 0 Å². The van der Waals surface area contributed by atoms with Crippen LogP contribution in [-0.2, 0) is 0 Å². The molecule has 92 valence electrons. The van der Waals surface area contributed by atoms with Crippen LogP contribution in [0.4, 0.5) is 5.13 Å².